The van der Waals surface area contributed by atoms with Crippen LogP contribution in [0.1, 0.15) is 19.4 Å². The van der Waals surface area contributed by atoms with Gasteiger partial charge >= 0.3 is 5.97 Å². The number of hydrogen-bond acceptors (Lipinski definition) is 2. The van der Waals surface area contributed by atoms with Gasteiger partial charge in [0, 0.05) is 5.41 Å². The minimum absolute atomic E-state index is 0. The molecule has 0 aromatic heterocycles. The van der Waals surface area contributed by atoms with Crippen molar-refractivity contribution in [3.8, 4) is 0 Å². The maximum atomic E-state index is 10.8. The van der Waals surface area contributed by atoms with Gasteiger partial charge in [-0.3, -0.25) is 4.79 Å². The van der Waals surface area contributed by atoms with E-state index in [-0.39, 0.29) is 12.4 Å². The summed E-state index contributed by atoms with van der Waals surface area (Å²) in [5, 5.41) is 8.85. The van der Waals surface area contributed by atoms with Crippen molar-refractivity contribution in [2.24, 2.45) is 5.73 Å². The Kier molecular flexibility index (Phi) is 4.78. The molecule has 0 saturated heterocycles. The molecular weight excluding hydrogens is 214 g/mol. The summed E-state index contributed by atoms with van der Waals surface area (Å²) in [7, 11) is 0. The minimum Gasteiger partial charge on any atom is -0.480 e. The number of hydrogen-bond donors (Lipinski definition) is 2. The van der Waals surface area contributed by atoms with Crippen molar-refractivity contribution in [3.63, 3.8) is 0 Å². The lowest BCUT2D eigenvalue weighted by molar-refractivity contribution is -0.140. The number of benzene rings is 1. The Morgan fingerprint density at radius 2 is 1.80 bits per heavy atom. The van der Waals surface area contributed by atoms with Crippen molar-refractivity contribution in [3.05, 3.63) is 35.9 Å². The van der Waals surface area contributed by atoms with E-state index in [9.17, 15) is 4.79 Å². The van der Waals surface area contributed by atoms with Crippen molar-refractivity contribution >= 4 is 18.4 Å². The van der Waals surface area contributed by atoms with Crippen LogP contribution in [0, 0.1) is 0 Å². The zero-order valence-electron chi connectivity index (χ0n) is 8.81. The van der Waals surface area contributed by atoms with Gasteiger partial charge < -0.3 is 10.8 Å². The molecule has 0 saturated carbocycles. The number of carboxylic acids is 1. The molecule has 0 heterocycles. The van der Waals surface area contributed by atoms with Crippen LogP contribution in [0.5, 0.6) is 0 Å². The third-order valence-corrected chi connectivity index (χ3v) is 2.56. The molecule has 1 rings (SSSR count). The van der Waals surface area contributed by atoms with E-state index in [0.717, 1.165) is 5.56 Å². The first-order valence-electron chi connectivity index (χ1n) is 4.50. The zero-order valence-corrected chi connectivity index (χ0v) is 9.62. The van der Waals surface area contributed by atoms with Crippen LogP contribution in [-0.4, -0.2) is 17.1 Å². The molecule has 0 amide bonds. The van der Waals surface area contributed by atoms with E-state index in [1.165, 1.54) is 0 Å². The molecular formula is C11H16ClNO2. The number of aliphatic carboxylic acids is 1. The highest BCUT2D eigenvalue weighted by Gasteiger charge is 2.33. The summed E-state index contributed by atoms with van der Waals surface area (Å²) in [6.45, 7) is 3.67. The van der Waals surface area contributed by atoms with Crippen LogP contribution in [0.2, 0.25) is 0 Å². The quantitative estimate of drug-likeness (QED) is 0.831. The molecule has 0 aliphatic heterocycles. The standard InChI is InChI=1S/C11H15NO2.ClH/c1-11(2,9(12)10(13)14)8-6-4-3-5-7-8;/h3-7,9H,12H2,1-2H3,(H,13,14);1H/t9-;/m1./s1. The van der Waals surface area contributed by atoms with E-state index in [0.29, 0.717) is 0 Å². The van der Waals surface area contributed by atoms with Crippen LogP contribution < -0.4 is 5.73 Å². The van der Waals surface area contributed by atoms with Crippen molar-refractivity contribution in [2.75, 3.05) is 0 Å². The van der Waals surface area contributed by atoms with Gasteiger partial charge in [-0.15, -0.1) is 12.4 Å². The third kappa shape index (κ3) is 2.94. The molecule has 84 valence electrons. The van der Waals surface area contributed by atoms with Gasteiger partial charge in [0.1, 0.15) is 6.04 Å². The lowest BCUT2D eigenvalue weighted by atomic mass is 9.78. The van der Waals surface area contributed by atoms with E-state index < -0.39 is 17.4 Å². The Balaban J connectivity index is 0.00000196. The summed E-state index contributed by atoms with van der Waals surface area (Å²) in [6.07, 6.45) is 0. The summed E-state index contributed by atoms with van der Waals surface area (Å²) < 4.78 is 0. The Bertz CT molecular complexity index is 325. The van der Waals surface area contributed by atoms with Crippen molar-refractivity contribution < 1.29 is 9.90 Å². The number of halogens is 1. The molecule has 3 nitrogen and oxygen atoms in total. The second-order valence-electron chi connectivity index (χ2n) is 3.90. The minimum atomic E-state index is -0.973. The molecule has 1 aromatic rings. The lowest BCUT2D eigenvalue weighted by Crippen LogP contribution is -2.46. The molecule has 15 heavy (non-hydrogen) atoms. The van der Waals surface area contributed by atoms with E-state index in [1.54, 1.807) is 0 Å². The fourth-order valence-electron chi connectivity index (χ4n) is 1.36. The van der Waals surface area contributed by atoms with Gasteiger partial charge in [0.25, 0.3) is 0 Å². The predicted octanol–water partition coefficient (Wildman–Crippen LogP) is 1.80. The highest BCUT2D eigenvalue weighted by Crippen LogP contribution is 2.25. The topological polar surface area (TPSA) is 63.3 Å². The largest absolute Gasteiger partial charge is 0.480 e. The fourth-order valence-corrected chi connectivity index (χ4v) is 1.36. The first kappa shape index (κ1) is 13.9. The average Bonchev–Trinajstić information content (AvgIpc) is 2.18. The Morgan fingerprint density at radius 3 is 2.20 bits per heavy atom. The van der Waals surface area contributed by atoms with Gasteiger partial charge in [-0.2, -0.15) is 0 Å². The monoisotopic (exact) mass is 229 g/mol. The Morgan fingerprint density at radius 1 is 1.33 bits per heavy atom. The van der Waals surface area contributed by atoms with Crippen LogP contribution in [0.3, 0.4) is 0 Å². The molecule has 0 spiro atoms. The Hall–Kier alpha value is -1.06. The summed E-state index contributed by atoms with van der Waals surface area (Å²) in [4.78, 5) is 10.8. The van der Waals surface area contributed by atoms with Gasteiger partial charge in [0.2, 0.25) is 0 Å². The van der Waals surface area contributed by atoms with E-state index in [1.807, 2.05) is 44.2 Å². The summed E-state index contributed by atoms with van der Waals surface area (Å²) in [5.41, 5.74) is 6.02. The number of nitrogens with two attached hydrogens (primary N) is 1. The summed E-state index contributed by atoms with van der Waals surface area (Å²) in [5.74, 6) is -0.973. The zero-order chi connectivity index (χ0) is 10.8. The van der Waals surface area contributed by atoms with Gasteiger partial charge in [0.15, 0.2) is 0 Å². The second-order valence-corrected chi connectivity index (χ2v) is 3.90. The molecule has 3 N–H and O–H groups in total. The summed E-state index contributed by atoms with van der Waals surface area (Å²) >= 11 is 0. The van der Waals surface area contributed by atoms with E-state index in [2.05, 4.69) is 0 Å². The molecule has 0 radical (unpaired) electrons. The Labute approximate surface area is 95.7 Å². The van der Waals surface area contributed by atoms with Crippen molar-refractivity contribution in [1.82, 2.24) is 0 Å². The second kappa shape index (κ2) is 5.14. The van der Waals surface area contributed by atoms with Crippen LogP contribution in [-0.2, 0) is 10.2 Å². The molecule has 1 atom stereocenters. The van der Waals surface area contributed by atoms with Crippen molar-refractivity contribution in [1.29, 1.82) is 0 Å². The lowest BCUT2D eigenvalue weighted by Gasteiger charge is -2.29. The molecule has 0 unspecified atom stereocenters. The summed E-state index contributed by atoms with van der Waals surface area (Å²) in [6, 6.07) is 8.55. The van der Waals surface area contributed by atoms with E-state index in [4.69, 9.17) is 10.8 Å². The van der Waals surface area contributed by atoms with Crippen molar-refractivity contribution in [2.45, 2.75) is 25.3 Å². The maximum absolute atomic E-state index is 10.8. The van der Waals surface area contributed by atoms with Gasteiger partial charge in [0.05, 0.1) is 0 Å². The number of rotatable bonds is 3. The van der Waals surface area contributed by atoms with Gasteiger partial charge in [-0.05, 0) is 5.56 Å². The molecule has 0 bridgehead atoms. The van der Waals surface area contributed by atoms with E-state index >= 15 is 0 Å². The van der Waals surface area contributed by atoms with Crippen LogP contribution in [0.15, 0.2) is 30.3 Å². The first-order valence-corrected chi connectivity index (χ1v) is 4.50. The van der Waals surface area contributed by atoms with Crippen LogP contribution in [0.25, 0.3) is 0 Å². The smallest absolute Gasteiger partial charge is 0.321 e. The normalized spacial score (nSPS) is 12.7. The molecule has 0 aliphatic rings. The fraction of sp³-hybridized carbons (Fsp3) is 0.364. The first-order chi connectivity index (χ1) is 6.46. The number of carbonyl (C=O) groups is 1. The highest BCUT2D eigenvalue weighted by molar-refractivity contribution is 5.85. The van der Waals surface area contributed by atoms with Crippen LogP contribution in [0.4, 0.5) is 0 Å². The number of carboxylic acid groups (broad SMARTS) is 1. The molecule has 0 aliphatic carbocycles. The third-order valence-electron chi connectivity index (χ3n) is 2.56. The molecule has 4 heteroatoms. The average molecular weight is 230 g/mol. The highest BCUT2D eigenvalue weighted by atomic mass is 35.5. The van der Waals surface area contributed by atoms with Crippen LogP contribution >= 0.6 is 12.4 Å². The molecule has 1 aromatic carbocycles. The maximum Gasteiger partial charge on any atom is 0.321 e. The predicted molar refractivity (Wildman–Crippen MR) is 62.3 cm³/mol. The SMILES string of the molecule is CC(C)(c1ccccc1)[C@H](N)C(=O)O.Cl. The molecule has 0 fully saturated rings. The van der Waals surface area contributed by atoms with Gasteiger partial charge in [-0.25, -0.2) is 0 Å². The van der Waals surface area contributed by atoms with Gasteiger partial charge in [-0.1, -0.05) is 44.2 Å².